The van der Waals surface area contributed by atoms with Crippen LogP contribution in [0.15, 0.2) is 42.6 Å². The van der Waals surface area contributed by atoms with Gasteiger partial charge < -0.3 is 10.1 Å². The Labute approximate surface area is 101 Å². The molecular formula is C14H16N2O. The van der Waals surface area contributed by atoms with E-state index >= 15 is 0 Å². The fourth-order valence-electron chi connectivity index (χ4n) is 1.52. The second-order valence-corrected chi connectivity index (χ2v) is 3.89. The lowest BCUT2D eigenvalue weighted by Crippen LogP contribution is -1.99. The second kappa shape index (κ2) is 5.34. The Balaban J connectivity index is 1.95. The van der Waals surface area contributed by atoms with E-state index in [-0.39, 0.29) is 0 Å². The van der Waals surface area contributed by atoms with Gasteiger partial charge in [-0.3, -0.25) is 4.98 Å². The van der Waals surface area contributed by atoms with E-state index in [4.69, 9.17) is 4.74 Å². The van der Waals surface area contributed by atoms with Crippen molar-refractivity contribution in [2.45, 2.75) is 13.5 Å². The Hall–Kier alpha value is -2.03. The van der Waals surface area contributed by atoms with Gasteiger partial charge in [0.25, 0.3) is 0 Å². The van der Waals surface area contributed by atoms with Crippen molar-refractivity contribution in [3.8, 4) is 5.75 Å². The summed E-state index contributed by atoms with van der Waals surface area (Å²) in [5.74, 6) is 0.868. The number of anilines is 1. The first-order valence-corrected chi connectivity index (χ1v) is 5.57. The molecule has 1 aromatic heterocycles. The summed E-state index contributed by atoms with van der Waals surface area (Å²) in [6.45, 7) is 2.76. The molecule has 0 fully saturated rings. The molecule has 1 N–H and O–H groups in total. The van der Waals surface area contributed by atoms with Gasteiger partial charge >= 0.3 is 0 Å². The van der Waals surface area contributed by atoms with Crippen LogP contribution in [0.2, 0.25) is 0 Å². The van der Waals surface area contributed by atoms with Crippen LogP contribution in [-0.2, 0) is 6.54 Å². The van der Waals surface area contributed by atoms with Gasteiger partial charge in [-0.05, 0) is 42.8 Å². The molecule has 0 spiro atoms. The fourth-order valence-corrected chi connectivity index (χ4v) is 1.52. The lowest BCUT2D eigenvalue weighted by Gasteiger charge is -2.07. The lowest BCUT2D eigenvalue weighted by atomic mass is 10.2. The largest absolute Gasteiger partial charge is 0.497 e. The molecule has 3 heteroatoms. The molecule has 17 heavy (non-hydrogen) atoms. The summed E-state index contributed by atoms with van der Waals surface area (Å²) >= 11 is 0. The number of aromatic nitrogens is 1. The summed E-state index contributed by atoms with van der Waals surface area (Å²) in [7, 11) is 1.67. The average Bonchev–Trinajstić information content (AvgIpc) is 2.39. The maximum atomic E-state index is 5.11. The Bertz CT molecular complexity index is 463. The molecule has 0 saturated carbocycles. The summed E-state index contributed by atoms with van der Waals surface area (Å²) in [6, 6.07) is 12.0. The number of rotatable bonds is 4. The third-order valence-corrected chi connectivity index (χ3v) is 2.56. The first-order chi connectivity index (χ1) is 8.28. The van der Waals surface area contributed by atoms with Gasteiger partial charge in [-0.2, -0.15) is 0 Å². The van der Waals surface area contributed by atoms with Gasteiger partial charge in [-0.1, -0.05) is 6.07 Å². The summed E-state index contributed by atoms with van der Waals surface area (Å²) < 4.78 is 5.11. The van der Waals surface area contributed by atoms with Crippen LogP contribution < -0.4 is 10.1 Å². The van der Waals surface area contributed by atoms with Gasteiger partial charge in [0, 0.05) is 24.1 Å². The zero-order chi connectivity index (χ0) is 12.1. The van der Waals surface area contributed by atoms with E-state index in [9.17, 15) is 0 Å². The molecule has 1 heterocycles. The molecule has 0 radical (unpaired) electrons. The molecule has 0 bridgehead atoms. The van der Waals surface area contributed by atoms with Crippen LogP contribution in [0.4, 0.5) is 5.69 Å². The predicted molar refractivity (Wildman–Crippen MR) is 69.3 cm³/mol. The van der Waals surface area contributed by atoms with Gasteiger partial charge in [-0.25, -0.2) is 0 Å². The molecule has 0 atom stereocenters. The standard InChI is InChI=1S/C14H16N2O/c1-11-3-4-12(9-15-11)10-16-13-5-7-14(17-2)8-6-13/h3-9,16H,10H2,1-2H3. The number of methoxy groups -OCH3 is 1. The monoisotopic (exact) mass is 228 g/mol. The number of nitrogens with zero attached hydrogens (tertiary/aromatic N) is 1. The molecule has 0 saturated heterocycles. The van der Waals surface area contributed by atoms with Crippen molar-refractivity contribution in [3.63, 3.8) is 0 Å². The van der Waals surface area contributed by atoms with Crippen LogP contribution in [-0.4, -0.2) is 12.1 Å². The predicted octanol–water partition coefficient (Wildman–Crippen LogP) is 3.01. The normalized spacial score (nSPS) is 10.0. The molecule has 3 nitrogen and oxygen atoms in total. The first-order valence-electron chi connectivity index (χ1n) is 5.57. The van der Waals surface area contributed by atoms with Gasteiger partial charge in [0.1, 0.15) is 5.75 Å². The number of ether oxygens (including phenoxy) is 1. The molecule has 0 aliphatic heterocycles. The minimum absolute atomic E-state index is 0.777. The third kappa shape index (κ3) is 3.21. The highest BCUT2D eigenvalue weighted by Crippen LogP contribution is 2.15. The van der Waals surface area contributed by atoms with Crippen LogP contribution in [0.5, 0.6) is 5.75 Å². The van der Waals surface area contributed by atoms with E-state index in [1.165, 1.54) is 5.56 Å². The van der Waals surface area contributed by atoms with Crippen molar-refractivity contribution in [2.75, 3.05) is 12.4 Å². The Morgan fingerprint density at radius 1 is 1.12 bits per heavy atom. The van der Waals surface area contributed by atoms with Crippen LogP contribution in [0.3, 0.4) is 0 Å². The Kier molecular flexibility index (Phi) is 3.60. The van der Waals surface area contributed by atoms with E-state index < -0.39 is 0 Å². The number of pyridine rings is 1. The van der Waals surface area contributed by atoms with Crippen molar-refractivity contribution >= 4 is 5.69 Å². The van der Waals surface area contributed by atoms with Crippen LogP contribution in [0, 0.1) is 6.92 Å². The topological polar surface area (TPSA) is 34.1 Å². The van der Waals surface area contributed by atoms with Crippen molar-refractivity contribution < 1.29 is 4.74 Å². The quantitative estimate of drug-likeness (QED) is 0.873. The van der Waals surface area contributed by atoms with E-state index in [0.29, 0.717) is 0 Å². The molecule has 0 aliphatic carbocycles. The number of benzene rings is 1. The molecule has 0 amide bonds. The SMILES string of the molecule is COc1ccc(NCc2ccc(C)nc2)cc1. The first kappa shape index (κ1) is 11.5. The van der Waals surface area contributed by atoms with Gasteiger partial charge in [0.2, 0.25) is 0 Å². The number of aryl methyl sites for hydroxylation is 1. The molecule has 88 valence electrons. The van der Waals surface area contributed by atoms with Crippen molar-refractivity contribution in [1.82, 2.24) is 4.98 Å². The number of hydrogen-bond acceptors (Lipinski definition) is 3. The highest BCUT2D eigenvalue weighted by Gasteiger charge is 1.95. The maximum absolute atomic E-state index is 5.11. The van der Waals surface area contributed by atoms with Gasteiger partial charge in [-0.15, -0.1) is 0 Å². The van der Waals surface area contributed by atoms with E-state index in [2.05, 4.69) is 16.4 Å². The zero-order valence-corrected chi connectivity index (χ0v) is 10.1. The van der Waals surface area contributed by atoms with E-state index in [0.717, 1.165) is 23.7 Å². The summed E-state index contributed by atoms with van der Waals surface area (Å²) in [5, 5.41) is 3.34. The highest BCUT2D eigenvalue weighted by molar-refractivity contribution is 5.46. The molecule has 2 aromatic rings. The van der Waals surface area contributed by atoms with Gasteiger partial charge in [0.15, 0.2) is 0 Å². The fraction of sp³-hybridized carbons (Fsp3) is 0.214. The smallest absolute Gasteiger partial charge is 0.119 e. The van der Waals surface area contributed by atoms with Crippen molar-refractivity contribution in [1.29, 1.82) is 0 Å². The van der Waals surface area contributed by atoms with E-state index in [1.807, 2.05) is 43.5 Å². The molecule has 0 unspecified atom stereocenters. The summed E-state index contributed by atoms with van der Waals surface area (Å²) in [6.07, 6.45) is 1.89. The average molecular weight is 228 g/mol. The van der Waals surface area contributed by atoms with E-state index in [1.54, 1.807) is 7.11 Å². The number of nitrogens with one attached hydrogen (secondary N) is 1. The minimum atomic E-state index is 0.777. The summed E-state index contributed by atoms with van der Waals surface area (Å²) in [5.41, 5.74) is 3.29. The zero-order valence-electron chi connectivity index (χ0n) is 10.1. The minimum Gasteiger partial charge on any atom is -0.497 e. The van der Waals surface area contributed by atoms with Crippen LogP contribution in [0.25, 0.3) is 0 Å². The molecule has 0 aliphatic rings. The maximum Gasteiger partial charge on any atom is 0.119 e. The van der Waals surface area contributed by atoms with Crippen molar-refractivity contribution in [2.24, 2.45) is 0 Å². The number of hydrogen-bond donors (Lipinski definition) is 1. The molecule has 2 rings (SSSR count). The Morgan fingerprint density at radius 2 is 1.88 bits per heavy atom. The molecular weight excluding hydrogens is 212 g/mol. The van der Waals surface area contributed by atoms with Gasteiger partial charge in [0.05, 0.1) is 7.11 Å². The Morgan fingerprint density at radius 3 is 2.47 bits per heavy atom. The lowest BCUT2D eigenvalue weighted by molar-refractivity contribution is 0.415. The molecule has 1 aromatic carbocycles. The van der Waals surface area contributed by atoms with Crippen molar-refractivity contribution in [3.05, 3.63) is 53.9 Å². The third-order valence-electron chi connectivity index (χ3n) is 2.56. The highest BCUT2D eigenvalue weighted by atomic mass is 16.5. The second-order valence-electron chi connectivity index (χ2n) is 3.89. The van der Waals surface area contributed by atoms with Crippen LogP contribution in [0.1, 0.15) is 11.3 Å². The summed E-state index contributed by atoms with van der Waals surface area (Å²) in [4.78, 5) is 4.26. The van der Waals surface area contributed by atoms with Crippen LogP contribution >= 0.6 is 0 Å².